The zero-order valence-electron chi connectivity index (χ0n) is 10.9. The smallest absolute Gasteiger partial charge is 0.0406 e. The first-order valence-electron chi connectivity index (χ1n) is 6.78. The molecule has 3 rings (SSSR count). The molecule has 0 atom stereocenters. The molecule has 0 aromatic heterocycles. The highest BCUT2D eigenvalue weighted by molar-refractivity contribution is 5.60. The van der Waals surface area contributed by atoms with Gasteiger partial charge in [-0.15, -0.1) is 0 Å². The van der Waals surface area contributed by atoms with E-state index in [1.807, 2.05) is 0 Å². The van der Waals surface area contributed by atoms with Crippen LogP contribution >= 0.6 is 0 Å². The number of benzene rings is 1. The molecular formula is C15H22N2. The molecule has 17 heavy (non-hydrogen) atoms. The lowest BCUT2D eigenvalue weighted by Gasteiger charge is -2.36. The number of hydrogen-bond acceptors (Lipinski definition) is 2. The fraction of sp³-hybridized carbons (Fsp3) is 0.600. The van der Waals surface area contributed by atoms with Crippen molar-refractivity contribution in [1.29, 1.82) is 0 Å². The molecule has 1 saturated heterocycles. The predicted octanol–water partition coefficient (Wildman–Crippen LogP) is 2.71. The molecule has 0 bridgehead atoms. The Morgan fingerprint density at radius 1 is 1.29 bits per heavy atom. The van der Waals surface area contributed by atoms with Gasteiger partial charge in [-0.2, -0.15) is 0 Å². The molecule has 0 unspecified atom stereocenters. The largest absolute Gasteiger partial charge is 0.366 e. The van der Waals surface area contributed by atoms with Crippen LogP contribution < -0.4 is 10.2 Å². The van der Waals surface area contributed by atoms with Crippen LogP contribution in [0.15, 0.2) is 18.2 Å². The normalized spacial score (nSPS) is 22.6. The summed E-state index contributed by atoms with van der Waals surface area (Å²) in [6.07, 6.45) is 3.82. The summed E-state index contributed by atoms with van der Waals surface area (Å²) >= 11 is 0. The van der Waals surface area contributed by atoms with Crippen LogP contribution in [0.4, 0.5) is 5.69 Å². The Balaban J connectivity index is 2.03. The van der Waals surface area contributed by atoms with Gasteiger partial charge in [-0.1, -0.05) is 12.1 Å². The van der Waals surface area contributed by atoms with Crippen LogP contribution in [0.3, 0.4) is 0 Å². The summed E-state index contributed by atoms with van der Waals surface area (Å²) in [5.74, 6) is 0. The van der Waals surface area contributed by atoms with Crippen LogP contribution in [-0.4, -0.2) is 18.6 Å². The van der Waals surface area contributed by atoms with E-state index in [-0.39, 0.29) is 0 Å². The van der Waals surface area contributed by atoms with Gasteiger partial charge in [0.1, 0.15) is 0 Å². The maximum Gasteiger partial charge on any atom is 0.0406 e. The van der Waals surface area contributed by atoms with Gasteiger partial charge < -0.3 is 10.2 Å². The summed E-state index contributed by atoms with van der Waals surface area (Å²) in [5, 5.41) is 3.46. The van der Waals surface area contributed by atoms with Crippen molar-refractivity contribution >= 4 is 5.69 Å². The quantitative estimate of drug-likeness (QED) is 0.798. The number of anilines is 1. The second-order valence-corrected chi connectivity index (χ2v) is 5.91. The fourth-order valence-electron chi connectivity index (χ4n) is 3.32. The molecule has 1 aromatic carbocycles. The Morgan fingerprint density at radius 3 is 2.94 bits per heavy atom. The molecule has 2 nitrogen and oxygen atoms in total. The summed E-state index contributed by atoms with van der Waals surface area (Å²) in [4.78, 5) is 2.62. The lowest BCUT2D eigenvalue weighted by atomic mass is 9.95. The van der Waals surface area contributed by atoms with Crippen molar-refractivity contribution in [3.05, 3.63) is 29.3 Å². The van der Waals surface area contributed by atoms with Gasteiger partial charge in [0.15, 0.2) is 0 Å². The highest BCUT2D eigenvalue weighted by Gasteiger charge is 2.33. The van der Waals surface area contributed by atoms with E-state index in [2.05, 4.69) is 42.3 Å². The zero-order valence-corrected chi connectivity index (χ0v) is 10.9. The first-order chi connectivity index (χ1) is 8.18. The Kier molecular flexibility index (Phi) is 2.62. The fourth-order valence-corrected chi connectivity index (χ4v) is 3.32. The number of nitrogens with one attached hydrogen (secondary N) is 1. The van der Waals surface area contributed by atoms with Gasteiger partial charge in [0.05, 0.1) is 0 Å². The van der Waals surface area contributed by atoms with Gasteiger partial charge in [0.25, 0.3) is 0 Å². The molecular weight excluding hydrogens is 208 g/mol. The zero-order chi connectivity index (χ0) is 11.9. The van der Waals surface area contributed by atoms with E-state index in [1.165, 1.54) is 37.1 Å². The van der Waals surface area contributed by atoms with E-state index in [0.29, 0.717) is 5.54 Å². The molecule has 0 radical (unpaired) electrons. The molecule has 1 N–H and O–H groups in total. The van der Waals surface area contributed by atoms with Crippen LogP contribution in [0.5, 0.6) is 0 Å². The highest BCUT2D eigenvalue weighted by Crippen LogP contribution is 2.37. The molecule has 92 valence electrons. The Labute approximate surface area is 104 Å². The molecule has 0 amide bonds. The molecule has 0 aliphatic carbocycles. The summed E-state index contributed by atoms with van der Waals surface area (Å²) < 4.78 is 0. The average Bonchev–Trinajstić information content (AvgIpc) is 2.68. The molecule has 2 heterocycles. The Hall–Kier alpha value is -1.02. The van der Waals surface area contributed by atoms with Crippen molar-refractivity contribution < 1.29 is 0 Å². The first-order valence-corrected chi connectivity index (χ1v) is 6.78. The maximum absolute atomic E-state index is 3.46. The summed E-state index contributed by atoms with van der Waals surface area (Å²) in [5.41, 5.74) is 4.91. The summed E-state index contributed by atoms with van der Waals surface area (Å²) in [6, 6.07) is 6.81. The van der Waals surface area contributed by atoms with Crippen molar-refractivity contribution in [2.24, 2.45) is 0 Å². The second-order valence-electron chi connectivity index (χ2n) is 5.91. The van der Waals surface area contributed by atoms with Crippen molar-refractivity contribution in [1.82, 2.24) is 5.32 Å². The first kappa shape index (κ1) is 11.1. The van der Waals surface area contributed by atoms with Gasteiger partial charge in [-0.3, -0.25) is 0 Å². The SMILES string of the molecule is CC1(C)CCCN1c1cccc2c1CCNC2. The minimum absolute atomic E-state index is 0.333. The van der Waals surface area contributed by atoms with Gasteiger partial charge in [-0.05, 0) is 56.8 Å². The average molecular weight is 230 g/mol. The van der Waals surface area contributed by atoms with Crippen LogP contribution in [0.25, 0.3) is 0 Å². The minimum atomic E-state index is 0.333. The molecule has 0 saturated carbocycles. The van der Waals surface area contributed by atoms with E-state index >= 15 is 0 Å². The Bertz CT molecular complexity index is 423. The Morgan fingerprint density at radius 2 is 2.18 bits per heavy atom. The van der Waals surface area contributed by atoms with Gasteiger partial charge in [0.2, 0.25) is 0 Å². The van der Waals surface area contributed by atoms with E-state index in [1.54, 1.807) is 5.56 Å². The summed E-state index contributed by atoms with van der Waals surface area (Å²) in [7, 11) is 0. The number of fused-ring (bicyclic) bond motifs is 1. The van der Waals surface area contributed by atoms with E-state index in [4.69, 9.17) is 0 Å². The number of rotatable bonds is 1. The maximum atomic E-state index is 3.46. The summed E-state index contributed by atoms with van der Waals surface area (Å²) in [6.45, 7) is 8.13. The van der Waals surface area contributed by atoms with Gasteiger partial charge in [-0.25, -0.2) is 0 Å². The van der Waals surface area contributed by atoms with E-state index in [0.717, 1.165) is 13.1 Å². The molecule has 2 heteroatoms. The van der Waals surface area contributed by atoms with E-state index in [9.17, 15) is 0 Å². The molecule has 1 aromatic rings. The number of hydrogen-bond donors (Lipinski definition) is 1. The number of nitrogens with zero attached hydrogens (tertiary/aromatic N) is 1. The van der Waals surface area contributed by atoms with Crippen LogP contribution in [0.2, 0.25) is 0 Å². The lowest BCUT2D eigenvalue weighted by Crippen LogP contribution is -2.39. The highest BCUT2D eigenvalue weighted by atomic mass is 15.2. The van der Waals surface area contributed by atoms with E-state index < -0.39 is 0 Å². The van der Waals surface area contributed by atoms with Crippen molar-refractivity contribution in [2.75, 3.05) is 18.0 Å². The van der Waals surface area contributed by atoms with Gasteiger partial charge in [0, 0.05) is 24.3 Å². The lowest BCUT2D eigenvalue weighted by molar-refractivity contribution is 0.515. The molecule has 2 aliphatic rings. The topological polar surface area (TPSA) is 15.3 Å². The molecule has 1 fully saturated rings. The predicted molar refractivity (Wildman–Crippen MR) is 72.5 cm³/mol. The van der Waals surface area contributed by atoms with Crippen molar-refractivity contribution in [3.63, 3.8) is 0 Å². The third-order valence-corrected chi connectivity index (χ3v) is 4.31. The third kappa shape index (κ3) is 1.85. The third-order valence-electron chi connectivity index (χ3n) is 4.31. The monoisotopic (exact) mass is 230 g/mol. The van der Waals surface area contributed by atoms with Crippen LogP contribution in [0, 0.1) is 0 Å². The van der Waals surface area contributed by atoms with Crippen molar-refractivity contribution in [3.8, 4) is 0 Å². The van der Waals surface area contributed by atoms with Crippen LogP contribution in [-0.2, 0) is 13.0 Å². The minimum Gasteiger partial charge on any atom is -0.366 e. The van der Waals surface area contributed by atoms with Crippen LogP contribution in [0.1, 0.15) is 37.8 Å². The van der Waals surface area contributed by atoms with Gasteiger partial charge >= 0.3 is 0 Å². The molecule has 0 spiro atoms. The van der Waals surface area contributed by atoms with Crippen molar-refractivity contribution in [2.45, 2.75) is 45.2 Å². The standard InChI is InChI=1S/C15H22N2/c1-15(2)8-4-10-17(15)14-6-3-5-12-11-16-9-7-13(12)14/h3,5-6,16H,4,7-11H2,1-2H3. The second kappa shape index (κ2) is 4.02. The molecule has 2 aliphatic heterocycles.